The van der Waals surface area contributed by atoms with Gasteiger partial charge in [0.2, 0.25) is 0 Å². The van der Waals surface area contributed by atoms with Crippen LogP contribution in [-0.4, -0.2) is 23.5 Å². The smallest absolute Gasteiger partial charge is 0.260 e. The van der Waals surface area contributed by atoms with Crippen molar-refractivity contribution >= 4 is 10.0 Å². The first kappa shape index (κ1) is 14.7. The number of hydrogen-bond acceptors (Lipinski definition) is 4. The molecular weight excluding hydrogens is 252 g/mol. The van der Waals surface area contributed by atoms with Crippen LogP contribution in [0.3, 0.4) is 0 Å². The van der Waals surface area contributed by atoms with Crippen molar-refractivity contribution in [2.75, 3.05) is 0 Å². The molecule has 0 saturated heterocycles. The van der Waals surface area contributed by atoms with Gasteiger partial charge in [-0.05, 0) is 27.2 Å². The number of aryl methyl sites for hydroxylation is 2. The Kier molecular flexibility index (Phi) is 4.14. The van der Waals surface area contributed by atoms with E-state index in [4.69, 9.17) is 5.26 Å². The van der Waals surface area contributed by atoms with Gasteiger partial charge in [-0.25, -0.2) is 13.4 Å². The molecule has 1 heterocycles. The van der Waals surface area contributed by atoms with Gasteiger partial charge in [-0.2, -0.15) is 9.98 Å². The normalized spacial score (nSPS) is 15.1. The third-order valence-electron chi connectivity index (χ3n) is 2.88. The Morgan fingerprint density at radius 1 is 1.56 bits per heavy atom. The summed E-state index contributed by atoms with van der Waals surface area (Å²) in [6.45, 7) is 7.60. The molecular formula is C11H18N4O2S. The molecule has 1 rings (SSSR count). The fraction of sp³-hybridized carbons (Fsp3) is 0.636. The van der Waals surface area contributed by atoms with Crippen molar-refractivity contribution in [3.63, 3.8) is 0 Å². The third kappa shape index (κ3) is 2.89. The molecule has 7 heteroatoms. The van der Waals surface area contributed by atoms with E-state index < -0.39 is 15.6 Å². The van der Waals surface area contributed by atoms with Gasteiger partial charge in [-0.15, -0.1) is 0 Å². The average Bonchev–Trinajstić information content (AvgIpc) is 2.70. The maximum Gasteiger partial charge on any atom is 0.260 e. The molecule has 1 atom stereocenters. The Morgan fingerprint density at radius 2 is 2.17 bits per heavy atom. The van der Waals surface area contributed by atoms with Crippen LogP contribution in [0.25, 0.3) is 0 Å². The van der Waals surface area contributed by atoms with E-state index in [1.54, 1.807) is 25.3 Å². The van der Waals surface area contributed by atoms with Gasteiger partial charge in [0, 0.05) is 12.7 Å². The molecule has 1 N–H and O–H groups in total. The fourth-order valence-electron chi connectivity index (χ4n) is 1.45. The van der Waals surface area contributed by atoms with Crippen molar-refractivity contribution in [3.05, 3.63) is 12.0 Å². The zero-order chi connectivity index (χ0) is 14.0. The SMILES string of the molecule is CCn1cc(S(=O)(=O)NC(C)(C#N)CC)nc1C. The first-order valence-corrected chi connectivity index (χ1v) is 7.25. The highest BCUT2D eigenvalue weighted by atomic mass is 32.2. The second-order valence-electron chi connectivity index (χ2n) is 4.32. The van der Waals surface area contributed by atoms with E-state index in [1.807, 2.05) is 13.0 Å². The molecule has 0 aliphatic rings. The first-order valence-electron chi connectivity index (χ1n) is 5.77. The second kappa shape index (κ2) is 5.08. The van der Waals surface area contributed by atoms with Crippen LogP contribution in [0.5, 0.6) is 0 Å². The van der Waals surface area contributed by atoms with Gasteiger partial charge >= 0.3 is 0 Å². The highest BCUT2D eigenvalue weighted by Gasteiger charge is 2.30. The molecule has 0 aliphatic carbocycles. The number of hydrogen-bond donors (Lipinski definition) is 1. The zero-order valence-corrected chi connectivity index (χ0v) is 11.9. The first-order chi connectivity index (χ1) is 8.28. The molecule has 0 bridgehead atoms. The summed E-state index contributed by atoms with van der Waals surface area (Å²) in [7, 11) is -3.76. The van der Waals surface area contributed by atoms with Crippen LogP contribution >= 0.6 is 0 Å². The van der Waals surface area contributed by atoms with Crippen molar-refractivity contribution < 1.29 is 8.42 Å². The van der Waals surface area contributed by atoms with Gasteiger partial charge in [-0.3, -0.25) is 0 Å². The topological polar surface area (TPSA) is 87.8 Å². The summed E-state index contributed by atoms with van der Waals surface area (Å²) in [5.74, 6) is 0.632. The summed E-state index contributed by atoms with van der Waals surface area (Å²) in [5.41, 5.74) is -1.11. The summed E-state index contributed by atoms with van der Waals surface area (Å²) in [6.07, 6.45) is 1.86. The molecule has 0 fully saturated rings. The lowest BCUT2D eigenvalue weighted by Gasteiger charge is -2.19. The van der Waals surface area contributed by atoms with Gasteiger partial charge < -0.3 is 4.57 Å². The minimum absolute atomic E-state index is 0.0447. The van der Waals surface area contributed by atoms with E-state index in [0.29, 0.717) is 18.8 Å². The summed E-state index contributed by atoms with van der Waals surface area (Å²) in [5, 5.41) is 8.95. The van der Waals surface area contributed by atoms with Crippen LogP contribution in [0.1, 0.15) is 33.0 Å². The van der Waals surface area contributed by atoms with Crippen LogP contribution in [0.4, 0.5) is 0 Å². The van der Waals surface area contributed by atoms with Crippen LogP contribution in [0, 0.1) is 18.3 Å². The largest absolute Gasteiger partial charge is 0.334 e. The molecule has 1 aromatic rings. The molecule has 0 radical (unpaired) electrons. The van der Waals surface area contributed by atoms with E-state index in [2.05, 4.69) is 9.71 Å². The number of rotatable bonds is 5. The Morgan fingerprint density at radius 3 is 2.56 bits per heavy atom. The maximum absolute atomic E-state index is 12.1. The number of nitriles is 1. The average molecular weight is 270 g/mol. The summed E-state index contributed by atoms with van der Waals surface area (Å²) >= 11 is 0. The van der Waals surface area contributed by atoms with Crippen LogP contribution < -0.4 is 4.72 Å². The monoisotopic (exact) mass is 270 g/mol. The number of nitrogens with zero attached hydrogens (tertiary/aromatic N) is 3. The van der Waals surface area contributed by atoms with E-state index in [9.17, 15) is 8.42 Å². The quantitative estimate of drug-likeness (QED) is 0.870. The summed E-state index contributed by atoms with van der Waals surface area (Å²) in [4.78, 5) is 4.01. The molecule has 0 amide bonds. The molecule has 0 aromatic carbocycles. The lowest BCUT2D eigenvalue weighted by molar-refractivity contribution is 0.493. The Balaban J connectivity index is 3.11. The number of nitrogens with one attached hydrogen (secondary N) is 1. The summed E-state index contributed by atoms with van der Waals surface area (Å²) < 4.78 is 28.3. The lowest BCUT2D eigenvalue weighted by atomic mass is 10.0. The van der Waals surface area contributed by atoms with Gasteiger partial charge in [0.25, 0.3) is 10.0 Å². The van der Waals surface area contributed by atoms with Gasteiger partial charge in [0.1, 0.15) is 11.4 Å². The third-order valence-corrected chi connectivity index (χ3v) is 4.35. The maximum atomic E-state index is 12.1. The lowest BCUT2D eigenvalue weighted by Crippen LogP contribution is -2.44. The predicted molar refractivity (Wildman–Crippen MR) is 67.3 cm³/mol. The van der Waals surface area contributed by atoms with Gasteiger partial charge in [0.15, 0.2) is 5.03 Å². The number of imidazole rings is 1. The molecule has 1 aromatic heterocycles. The van der Waals surface area contributed by atoms with Crippen molar-refractivity contribution in [1.82, 2.24) is 14.3 Å². The number of sulfonamides is 1. The molecule has 0 aliphatic heterocycles. The molecule has 0 saturated carbocycles. The highest BCUT2D eigenvalue weighted by molar-refractivity contribution is 7.89. The van der Waals surface area contributed by atoms with E-state index in [1.165, 1.54) is 6.20 Å². The number of aromatic nitrogens is 2. The van der Waals surface area contributed by atoms with Crippen molar-refractivity contribution in [2.24, 2.45) is 0 Å². The van der Waals surface area contributed by atoms with E-state index in [0.717, 1.165) is 0 Å². The van der Waals surface area contributed by atoms with Crippen LogP contribution in [-0.2, 0) is 16.6 Å². The Labute approximate surface area is 108 Å². The molecule has 6 nitrogen and oxygen atoms in total. The molecule has 1 unspecified atom stereocenters. The molecule has 0 spiro atoms. The Bertz CT molecular complexity index is 570. The van der Waals surface area contributed by atoms with Gasteiger partial charge in [0.05, 0.1) is 6.07 Å². The van der Waals surface area contributed by atoms with Crippen molar-refractivity contribution in [3.8, 4) is 6.07 Å². The van der Waals surface area contributed by atoms with Crippen molar-refractivity contribution in [1.29, 1.82) is 5.26 Å². The van der Waals surface area contributed by atoms with Crippen LogP contribution in [0.15, 0.2) is 11.2 Å². The fourth-order valence-corrected chi connectivity index (χ4v) is 2.86. The molecule has 18 heavy (non-hydrogen) atoms. The molecule has 100 valence electrons. The minimum Gasteiger partial charge on any atom is -0.334 e. The second-order valence-corrected chi connectivity index (χ2v) is 5.94. The van der Waals surface area contributed by atoms with Crippen LogP contribution in [0.2, 0.25) is 0 Å². The standard InChI is InChI=1S/C11H18N4O2S/c1-5-11(4,8-12)14-18(16,17)10-7-15(6-2)9(3)13-10/h7,14H,5-6H2,1-4H3. The summed E-state index contributed by atoms with van der Waals surface area (Å²) in [6, 6.07) is 1.96. The highest BCUT2D eigenvalue weighted by Crippen LogP contribution is 2.15. The minimum atomic E-state index is -3.76. The van der Waals surface area contributed by atoms with Crippen molar-refractivity contribution in [2.45, 2.75) is 51.2 Å². The Hall–Kier alpha value is -1.39. The van der Waals surface area contributed by atoms with E-state index >= 15 is 0 Å². The predicted octanol–water partition coefficient (Wildman–Crippen LogP) is 1.18. The zero-order valence-electron chi connectivity index (χ0n) is 11.1. The van der Waals surface area contributed by atoms with Gasteiger partial charge in [-0.1, -0.05) is 6.92 Å². The van der Waals surface area contributed by atoms with E-state index in [-0.39, 0.29) is 5.03 Å².